The predicted molar refractivity (Wildman–Crippen MR) is 125 cm³/mol. The van der Waals surface area contributed by atoms with Crippen molar-refractivity contribution in [1.29, 1.82) is 0 Å². The lowest BCUT2D eigenvalue weighted by Gasteiger charge is -2.08. The number of ether oxygens (including phenoxy) is 2. The number of ketones is 1. The fraction of sp³-hybridized carbons (Fsp3) is 0.154. The van der Waals surface area contributed by atoms with E-state index in [0.29, 0.717) is 28.1 Å². The van der Waals surface area contributed by atoms with Crippen molar-refractivity contribution in [3.05, 3.63) is 100 Å². The standard InChI is InChI=1S/C26H22ClNO4/c1-31-21-5-3-4-20-22(21)23(24(28-20)26(30)32-2)25(29)19-12-10-17(11-13-19)14-16-6-8-18(15-27)9-7-16/h3-13,28H,14-15H2,1-2H3. The number of hydrogen-bond acceptors (Lipinski definition) is 4. The van der Waals surface area contributed by atoms with Crippen LogP contribution in [-0.2, 0) is 17.0 Å². The summed E-state index contributed by atoms with van der Waals surface area (Å²) in [6, 6.07) is 20.9. The molecule has 3 aromatic carbocycles. The van der Waals surface area contributed by atoms with Crippen molar-refractivity contribution in [2.45, 2.75) is 12.3 Å². The van der Waals surface area contributed by atoms with E-state index in [4.69, 9.17) is 21.1 Å². The molecule has 0 fully saturated rings. The van der Waals surface area contributed by atoms with Gasteiger partial charge in [-0.15, -0.1) is 11.6 Å². The number of benzene rings is 3. The third kappa shape index (κ3) is 4.12. The summed E-state index contributed by atoms with van der Waals surface area (Å²) in [7, 11) is 2.82. The van der Waals surface area contributed by atoms with Gasteiger partial charge in [-0.05, 0) is 35.2 Å². The highest BCUT2D eigenvalue weighted by atomic mass is 35.5. The molecule has 0 aliphatic heterocycles. The Bertz CT molecular complexity index is 1270. The van der Waals surface area contributed by atoms with Gasteiger partial charge in [0, 0.05) is 11.4 Å². The van der Waals surface area contributed by atoms with Gasteiger partial charge in [0.05, 0.1) is 30.7 Å². The van der Waals surface area contributed by atoms with Crippen molar-refractivity contribution in [2.75, 3.05) is 14.2 Å². The molecular formula is C26H22ClNO4. The Kier molecular flexibility index (Phi) is 6.28. The largest absolute Gasteiger partial charge is 0.496 e. The Balaban J connectivity index is 1.68. The number of aromatic nitrogens is 1. The first-order valence-corrected chi connectivity index (χ1v) is 10.6. The molecule has 0 aliphatic carbocycles. The molecular weight excluding hydrogens is 426 g/mol. The first-order chi connectivity index (χ1) is 15.5. The van der Waals surface area contributed by atoms with E-state index in [9.17, 15) is 9.59 Å². The zero-order valence-electron chi connectivity index (χ0n) is 17.8. The molecule has 0 unspecified atom stereocenters. The van der Waals surface area contributed by atoms with E-state index in [2.05, 4.69) is 17.1 Å². The lowest BCUT2D eigenvalue weighted by atomic mass is 9.97. The lowest BCUT2D eigenvalue weighted by Crippen LogP contribution is -2.10. The van der Waals surface area contributed by atoms with Gasteiger partial charge in [0.2, 0.25) is 0 Å². The van der Waals surface area contributed by atoms with E-state index in [1.165, 1.54) is 14.2 Å². The topological polar surface area (TPSA) is 68.4 Å². The van der Waals surface area contributed by atoms with E-state index in [-0.39, 0.29) is 17.0 Å². The van der Waals surface area contributed by atoms with E-state index in [1.807, 2.05) is 24.3 Å². The Morgan fingerprint density at radius 1 is 0.875 bits per heavy atom. The maximum Gasteiger partial charge on any atom is 0.355 e. The van der Waals surface area contributed by atoms with Crippen LogP contribution in [-0.4, -0.2) is 31.0 Å². The highest BCUT2D eigenvalue weighted by Gasteiger charge is 2.26. The fourth-order valence-corrected chi connectivity index (χ4v) is 3.95. The molecule has 0 spiro atoms. The molecule has 0 saturated carbocycles. The van der Waals surface area contributed by atoms with Crippen molar-refractivity contribution in [3.63, 3.8) is 0 Å². The molecule has 6 heteroatoms. The predicted octanol–water partition coefficient (Wildman–Crippen LogP) is 5.52. The summed E-state index contributed by atoms with van der Waals surface area (Å²) < 4.78 is 10.3. The van der Waals surface area contributed by atoms with Crippen LogP contribution < -0.4 is 4.74 Å². The van der Waals surface area contributed by atoms with Gasteiger partial charge >= 0.3 is 5.97 Å². The number of aromatic amines is 1. The Morgan fingerprint density at radius 3 is 2.09 bits per heavy atom. The van der Waals surface area contributed by atoms with Gasteiger partial charge in [0.15, 0.2) is 5.78 Å². The van der Waals surface area contributed by atoms with E-state index in [0.717, 1.165) is 23.1 Å². The molecule has 0 atom stereocenters. The molecule has 1 N–H and O–H groups in total. The van der Waals surface area contributed by atoms with Crippen LogP contribution in [0.25, 0.3) is 10.9 Å². The molecule has 1 aromatic heterocycles. The molecule has 4 rings (SSSR count). The van der Waals surface area contributed by atoms with Crippen molar-refractivity contribution in [3.8, 4) is 5.75 Å². The average molecular weight is 448 g/mol. The minimum Gasteiger partial charge on any atom is -0.496 e. The summed E-state index contributed by atoms with van der Waals surface area (Å²) in [6.45, 7) is 0. The molecule has 4 aromatic rings. The maximum atomic E-state index is 13.5. The number of H-pyrrole nitrogens is 1. The first-order valence-electron chi connectivity index (χ1n) is 10.1. The van der Waals surface area contributed by atoms with Gasteiger partial charge in [-0.25, -0.2) is 4.79 Å². The molecule has 162 valence electrons. The number of carbonyl (C=O) groups excluding carboxylic acids is 2. The highest BCUT2D eigenvalue weighted by molar-refractivity contribution is 6.22. The van der Waals surface area contributed by atoms with Crippen LogP contribution in [0.1, 0.15) is 43.1 Å². The number of alkyl halides is 1. The second kappa shape index (κ2) is 9.28. The van der Waals surface area contributed by atoms with Gasteiger partial charge in [-0.1, -0.05) is 54.6 Å². The summed E-state index contributed by atoms with van der Waals surface area (Å²) in [6.07, 6.45) is 0.741. The van der Waals surface area contributed by atoms with Crippen LogP contribution in [0.2, 0.25) is 0 Å². The summed E-state index contributed by atoms with van der Waals surface area (Å²) >= 11 is 5.85. The number of carbonyl (C=O) groups is 2. The molecule has 1 heterocycles. The van der Waals surface area contributed by atoms with Crippen LogP contribution in [0, 0.1) is 0 Å². The molecule has 0 amide bonds. The second-order valence-electron chi connectivity index (χ2n) is 7.40. The Labute approximate surface area is 190 Å². The minimum atomic E-state index is -0.608. The van der Waals surface area contributed by atoms with Crippen LogP contribution >= 0.6 is 11.6 Å². The molecule has 5 nitrogen and oxygen atoms in total. The van der Waals surface area contributed by atoms with Gasteiger partial charge in [0.1, 0.15) is 11.4 Å². The molecule has 0 bridgehead atoms. The zero-order chi connectivity index (χ0) is 22.7. The zero-order valence-corrected chi connectivity index (χ0v) is 18.5. The highest BCUT2D eigenvalue weighted by Crippen LogP contribution is 2.33. The average Bonchev–Trinajstić information content (AvgIpc) is 3.24. The van der Waals surface area contributed by atoms with E-state index >= 15 is 0 Å². The first kappa shape index (κ1) is 21.7. The summed E-state index contributed by atoms with van der Waals surface area (Å²) in [5, 5.41) is 0.559. The molecule has 32 heavy (non-hydrogen) atoms. The summed E-state index contributed by atoms with van der Waals surface area (Å²) in [4.78, 5) is 28.9. The van der Waals surface area contributed by atoms with Gasteiger partial charge in [-0.2, -0.15) is 0 Å². The number of nitrogens with one attached hydrogen (secondary N) is 1. The van der Waals surface area contributed by atoms with Crippen LogP contribution in [0.15, 0.2) is 66.7 Å². The normalized spacial score (nSPS) is 10.8. The van der Waals surface area contributed by atoms with Crippen LogP contribution in [0.3, 0.4) is 0 Å². The number of esters is 1. The third-order valence-electron chi connectivity index (χ3n) is 5.42. The Morgan fingerprint density at radius 2 is 1.50 bits per heavy atom. The van der Waals surface area contributed by atoms with Gasteiger partial charge in [-0.3, -0.25) is 4.79 Å². The number of methoxy groups -OCH3 is 2. The van der Waals surface area contributed by atoms with Crippen molar-refractivity contribution in [2.24, 2.45) is 0 Å². The van der Waals surface area contributed by atoms with Crippen molar-refractivity contribution in [1.82, 2.24) is 4.98 Å². The minimum absolute atomic E-state index is 0.112. The van der Waals surface area contributed by atoms with E-state index in [1.54, 1.807) is 30.3 Å². The van der Waals surface area contributed by atoms with E-state index < -0.39 is 5.97 Å². The lowest BCUT2D eigenvalue weighted by molar-refractivity contribution is 0.0592. The quantitative estimate of drug-likeness (QED) is 0.230. The van der Waals surface area contributed by atoms with Gasteiger partial charge in [0.25, 0.3) is 0 Å². The van der Waals surface area contributed by atoms with Crippen LogP contribution in [0.4, 0.5) is 0 Å². The molecule has 0 aliphatic rings. The van der Waals surface area contributed by atoms with Crippen molar-refractivity contribution < 1.29 is 19.1 Å². The Hall–Kier alpha value is -3.57. The number of rotatable bonds is 7. The maximum absolute atomic E-state index is 13.5. The summed E-state index contributed by atoms with van der Waals surface area (Å²) in [5.74, 6) is 0.112. The van der Waals surface area contributed by atoms with Crippen molar-refractivity contribution >= 4 is 34.3 Å². The van der Waals surface area contributed by atoms with Crippen LogP contribution in [0.5, 0.6) is 5.75 Å². The SMILES string of the molecule is COC(=O)c1[nH]c2cccc(OC)c2c1C(=O)c1ccc(Cc2ccc(CCl)cc2)cc1. The molecule has 0 saturated heterocycles. The summed E-state index contributed by atoms with van der Waals surface area (Å²) in [5.41, 5.74) is 4.77. The molecule has 0 radical (unpaired) electrons. The second-order valence-corrected chi connectivity index (χ2v) is 7.67. The third-order valence-corrected chi connectivity index (χ3v) is 5.73. The number of halogens is 1. The fourth-order valence-electron chi connectivity index (χ4n) is 3.77. The number of fused-ring (bicyclic) bond motifs is 1. The monoisotopic (exact) mass is 447 g/mol. The number of hydrogen-bond donors (Lipinski definition) is 1. The smallest absolute Gasteiger partial charge is 0.355 e. The van der Waals surface area contributed by atoms with Gasteiger partial charge < -0.3 is 14.5 Å².